The normalized spacial score (nSPS) is 21.6. The molecule has 0 unspecified atom stereocenters. The molecule has 0 spiro atoms. The highest BCUT2D eigenvalue weighted by Gasteiger charge is 2.50. The first-order valence-corrected chi connectivity index (χ1v) is 10.1. The number of carboxylic acid groups (broad SMARTS) is 2. The molecular formula is C18H20N4O11S. The second kappa shape index (κ2) is 11.3. The average molecular weight is 500 g/mol. The number of carbonyl (C=O) groups is 4. The van der Waals surface area contributed by atoms with Crippen LogP contribution < -0.4 is 10.6 Å². The molecule has 0 bridgehead atoms. The Hall–Kier alpha value is -3.89. The summed E-state index contributed by atoms with van der Waals surface area (Å²) in [5.74, 6) is -3.88. The maximum absolute atomic E-state index is 12.5. The van der Waals surface area contributed by atoms with Crippen LogP contribution in [0, 0.1) is 0 Å². The van der Waals surface area contributed by atoms with E-state index >= 15 is 0 Å². The van der Waals surface area contributed by atoms with Gasteiger partial charge in [-0.1, -0.05) is 11.3 Å². The first kappa shape index (κ1) is 26.4. The molecule has 2 aromatic heterocycles. The second-order valence-electron chi connectivity index (χ2n) is 6.56. The highest BCUT2D eigenvalue weighted by atomic mass is 32.1. The summed E-state index contributed by atoms with van der Waals surface area (Å²) >= 11 is 0.855. The molecule has 1 aliphatic heterocycles. The number of nitrogen functional groups attached to an aromatic ring is 1. The van der Waals surface area contributed by atoms with Gasteiger partial charge in [-0.05, 0) is 0 Å². The summed E-state index contributed by atoms with van der Waals surface area (Å²) in [5, 5.41) is 25.2. The van der Waals surface area contributed by atoms with E-state index in [4.69, 9.17) is 30.2 Å². The van der Waals surface area contributed by atoms with E-state index in [1.807, 2.05) is 0 Å². The molecule has 0 amide bonds. The number of hydrogen-bond donors (Lipinski definition) is 4. The fourth-order valence-corrected chi connectivity index (χ4v) is 3.75. The lowest BCUT2D eigenvalue weighted by Gasteiger charge is -2.23. The molecule has 3 rings (SSSR count). The summed E-state index contributed by atoms with van der Waals surface area (Å²) < 4.78 is 17.7. The third kappa shape index (κ3) is 6.56. The number of aliphatic carboxylic acids is 2. The highest BCUT2D eigenvalue weighted by molar-refractivity contribution is 7.16. The van der Waals surface area contributed by atoms with Gasteiger partial charge in [-0.15, -0.1) is 0 Å². The van der Waals surface area contributed by atoms with Gasteiger partial charge in [0.05, 0.1) is 17.5 Å². The van der Waals surface area contributed by atoms with Gasteiger partial charge in [-0.3, -0.25) is 19.0 Å². The van der Waals surface area contributed by atoms with Gasteiger partial charge in [0.2, 0.25) is 5.95 Å². The fourth-order valence-electron chi connectivity index (χ4n) is 2.93. The van der Waals surface area contributed by atoms with E-state index in [9.17, 15) is 29.1 Å². The van der Waals surface area contributed by atoms with Crippen molar-refractivity contribution in [3.8, 4) is 0 Å². The number of nitrogens with zero attached hydrogens (tertiary/aromatic N) is 3. The number of esters is 2. The molecule has 4 atom stereocenters. The zero-order chi connectivity index (χ0) is 25.6. The summed E-state index contributed by atoms with van der Waals surface area (Å²) in [6, 6.07) is 0. The number of thiazole rings is 1. The van der Waals surface area contributed by atoms with Gasteiger partial charge in [0.15, 0.2) is 24.1 Å². The lowest BCUT2D eigenvalue weighted by molar-refractivity contribution is -0.165. The summed E-state index contributed by atoms with van der Waals surface area (Å²) in [5.41, 5.74) is 5.78. The minimum absolute atomic E-state index is 0.0543. The van der Waals surface area contributed by atoms with Gasteiger partial charge in [-0.25, -0.2) is 14.6 Å². The van der Waals surface area contributed by atoms with Crippen molar-refractivity contribution >= 4 is 51.5 Å². The number of carbonyl (C=O) groups excluding carboxylic acids is 2. The molecule has 16 heteroatoms. The number of aliphatic hydroxyl groups excluding tert-OH is 1. The Kier molecular flexibility index (Phi) is 8.76. The van der Waals surface area contributed by atoms with E-state index in [1.54, 1.807) is 0 Å². The van der Waals surface area contributed by atoms with Gasteiger partial charge >= 0.3 is 28.8 Å². The lowest BCUT2D eigenvalue weighted by atomic mass is 10.1. The van der Waals surface area contributed by atoms with Crippen LogP contribution in [0.4, 0.5) is 5.95 Å². The third-order valence-electron chi connectivity index (χ3n) is 4.07. The number of aliphatic hydroxyl groups is 1. The molecule has 2 aromatic rings. The zero-order valence-electron chi connectivity index (χ0n) is 17.7. The number of ether oxygens (including phenoxy) is 3. The minimum atomic E-state index is -1.26. The molecule has 1 saturated heterocycles. The predicted octanol–water partition coefficient (Wildman–Crippen LogP) is -1.10. The van der Waals surface area contributed by atoms with E-state index < -0.39 is 59.9 Å². The molecule has 184 valence electrons. The van der Waals surface area contributed by atoms with Gasteiger partial charge in [-0.2, -0.15) is 4.98 Å². The SMILES string of the molecule is CC(=O)O[C@@H]1[C@H](OC(C)=O)[C@@H](CO)O[C@H]1n1c(=O)sc2cnc(N)nc21.O=C(O)/C=C\C(=O)O. The number of rotatable bonds is 6. The van der Waals surface area contributed by atoms with Crippen molar-refractivity contribution in [2.24, 2.45) is 0 Å². The van der Waals surface area contributed by atoms with Gasteiger partial charge in [0.25, 0.3) is 0 Å². The van der Waals surface area contributed by atoms with Crippen molar-refractivity contribution in [3.63, 3.8) is 0 Å². The second-order valence-corrected chi connectivity index (χ2v) is 7.55. The van der Waals surface area contributed by atoms with Crippen LogP contribution in [0.15, 0.2) is 23.1 Å². The largest absolute Gasteiger partial charge is 0.478 e. The Labute approximate surface area is 194 Å². The first-order valence-electron chi connectivity index (χ1n) is 9.32. The van der Waals surface area contributed by atoms with E-state index in [1.165, 1.54) is 20.0 Å². The predicted molar refractivity (Wildman–Crippen MR) is 113 cm³/mol. The number of hydrogen-bond acceptors (Lipinski definition) is 13. The van der Waals surface area contributed by atoms with Gasteiger partial charge < -0.3 is 35.3 Å². The van der Waals surface area contributed by atoms with E-state index in [0.29, 0.717) is 16.9 Å². The van der Waals surface area contributed by atoms with Crippen LogP contribution in [0.1, 0.15) is 20.1 Å². The molecule has 1 aliphatic rings. The summed E-state index contributed by atoms with van der Waals surface area (Å²) in [4.78, 5) is 61.9. The molecule has 0 radical (unpaired) electrons. The first-order chi connectivity index (χ1) is 15.9. The Bertz CT molecular complexity index is 1160. The van der Waals surface area contributed by atoms with Crippen LogP contribution in [-0.4, -0.2) is 78.7 Å². The average Bonchev–Trinajstić information content (AvgIpc) is 3.22. The van der Waals surface area contributed by atoms with Crippen molar-refractivity contribution in [2.45, 2.75) is 38.4 Å². The topological polar surface area (TPSA) is 230 Å². The summed E-state index contributed by atoms with van der Waals surface area (Å²) in [6.45, 7) is 1.83. The number of nitrogens with two attached hydrogens (primary N) is 1. The smallest absolute Gasteiger partial charge is 0.328 e. The van der Waals surface area contributed by atoms with Crippen LogP contribution in [0.5, 0.6) is 0 Å². The molecule has 1 fully saturated rings. The molecule has 3 heterocycles. The quantitative estimate of drug-likeness (QED) is 0.272. The molecule has 0 saturated carbocycles. The summed E-state index contributed by atoms with van der Waals surface area (Å²) in [7, 11) is 0. The molecule has 0 aliphatic carbocycles. The Balaban J connectivity index is 0.000000440. The number of carboxylic acids is 2. The minimum Gasteiger partial charge on any atom is -0.478 e. The van der Waals surface area contributed by atoms with E-state index in [-0.39, 0.29) is 11.6 Å². The highest BCUT2D eigenvalue weighted by Crippen LogP contribution is 2.35. The van der Waals surface area contributed by atoms with Crippen LogP contribution in [0.3, 0.4) is 0 Å². The maximum atomic E-state index is 12.5. The van der Waals surface area contributed by atoms with Gasteiger partial charge in [0.1, 0.15) is 6.10 Å². The molecule has 5 N–H and O–H groups in total. The van der Waals surface area contributed by atoms with Crippen molar-refractivity contribution < 1.29 is 48.7 Å². The molecule has 15 nitrogen and oxygen atoms in total. The van der Waals surface area contributed by atoms with Crippen LogP contribution in [-0.2, 0) is 33.4 Å². The maximum Gasteiger partial charge on any atom is 0.328 e. The van der Waals surface area contributed by atoms with Crippen molar-refractivity contribution in [1.82, 2.24) is 14.5 Å². The van der Waals surface area contributed by atoms with Crippen LogP contribution in [0.25, 0.3) is 10.3 Å². The van der Waals surface area contributed by atoms with Gasteiger partial charge in [0, 0.05) is 26.0 Å². The van der Waals surface area contributed by atoms with Crippen LogP contribution in [0.2, 0.25) is 0 Å². The van der Waals surface area contributed by atoms with E-state index in [2.05, 4.69) is 9.97 Å². The Morgan fingerprint density at radius 1 is 1.15 bits per heavy atom. The van der Waals surface area contributed by atoms with E-state index in [0.717, 1.165) is 15.9 Å². The molecular weight excluding hydrogens is 480 g/mol. The fraction of sp³-hybridized carbons (Fsp3) is 0.389. The number of anilines is 1. The molecule has 34 heavy (non-hydrogen) atoms. The molecule has 0 aromatic carbocycles. The Morgan fingerprint density at radius 3 is 2.21 bits per heavy atom. The van der Waals surface area contributed by atoms with Crippen molar-refractivity contribution in [3.05, 3.63) is 28.0 Å². The monoisotopic (exact) mass is 500 g/mol. The van der Waals surface area contributed by atoms with Crippen molar-refractivity contribution in [2.75, 3.05) is 12.3 Å². The lowest BCUT2D eigenvalue weighted by Crippen LogP contribution is -2.40. The summed E-state index contributed by atoms with van der Waals surface area (Å²) in [6.07, 6.45) is -1.88. The van der Waals surface area contributed by atoms with Crippen molar-refractivity contribution in [1.29, 1.82) is 0 Å². The standard InChI is InChI=1S/C14H16N4O7S.C4H4O4/c1-5(20)23-9-7(4-19)25-12(10(9)24-6(2)21)18-11-8(26-14(18)22)3-16-13(15)17-11;5-3(6)1-2-4(7)8/h3,7,9-10,12,19H,4H2,1-2H3,(H2,15,16,17);1-2H,(H,5,6)(H,7,8)/b;2-1-/t7-,9-,10-,12-;/m1./s1. The Morgan fingerprint density at radius 2 is 1.71 bits per heavy atom. The number of aromatic nitrogens is 3. The third-order valence-corrected chi connectivity index (χ3v) is 4.95. The number of fused-ring (bicyclic) bond motifs is 1. The van der Waals surface area contributed by atoms with Crippen LogP contribution >= 0.6 is 11.3 Å². The zero-order valence-corrected chi connectivity index (χ0v) is 18.5.